The van der Waals surface area contributed by atoms with Crippen LogP contribution in [0, 0.1) is 12.7 Å². The highest BCUT2D eigenvalue weighted by Crippen LogP contribution is 2.19. The van der Waals surface area contributed by atoms with E-state index in [1.54, 1.807) is 12.3 Å². The minimum Gasteiger partial charge on any atom is -0.337 e. The Balaban J connectivity index is 1.50. The lowest BCUT2D eigenvalue weighted by atomic mass is 10.1. The third kappa shape index (κ3) is 5.10. The molecule has 34 heavy (non-hydrogen) atoms. The Morgan fingerprint density at radius 2 is 1.74 bits per heavy atom. The van der Waals surface area contributed by atoms with Gasteiger partial charge in [-0.15, -0.1) is 0 Å². The van der Waals surface area contributed by atoms with Crippen LogP contribution >= 0.6 is 0 Å². The number of amides is 1. The number of hydrogen-bond donors (Lipinski definition) is 0. The fourth-order valence-corrected chi connectivity index (χ4v) is 5.56. The number of hydrogen-bond acceptors (Lipinski definition) is 4. The molecule has 9 heteroatoms. The van der Waals surface area contributed by atoms with Crippen molar-refractivity contribution < 1.29 is 17.6 Å². The van der Waals surface area contributed by atoms with Crippen LogP contribution in [0.1, 0.15) is 27.9 Å². The van der Waals surface area contributed by atoms with Crippen molar-refractivity contribution in [3.63, 3.8) is 0 Å². The maximum absolute atomic E-state index is 13.2. The van der Waals surface area contributed by atoms with Gasteiger partial charge >= 0.3 is 0 Å². The van der Waals surface area contributed by atoms with Crippen molar-refractivity contribution in [2.45, 2.75) is 24.8 Å². The van der Waals surface area contributed by atoms with Crippen LogP contribution in [0.15, 0.2) is 76.6 Å². The molecular weight excluding hydrogens is 457 g/mol. The third-order valence-corrected chi connectivity index (χ3v) is 7.79. The van der Waals surface area contributed by atoms with Gasteiger partial charge in [-0.05, 0) is 55.3 Å². The van der Waals surface area contributed by atoms with E-state index in [0.717, 1.165) is 23.3 Å². The summed E-state index contributed by atoms with van der Waals surface area (Å²) in [6, 6.07) is 15.7. The number of sulfonamides is 1. The summed E-state index contributed by atoms with van der Waals surface area (Å²) in [5.74, 6) is -0.924. The van der Waals surface area contributed by atoms with Crippen molar-refractivity contribution in [1.82, 2.24) is 13.8 Å². The molecule has 0 saturated carbocycles. The summed E-state index contributed by atoms with van der Waals surface area (Å²) < 4.78 is 41.9. The minimum atomic E-state index is -3.81. The normalized spacial score (nSPS) is 15.2. The maximum atomic E-state index is 13.2. The molecule has 178 valence electrons. The van der Waals surface area contributed by atoms with E-state index in [0.29, 0.717) is 19.5 Å². The highest BCUT2D eigenvalue weighted by atomic mass is 32.2. The van der Waals surface area contributed by atoms with Crippen LogP contribution < -0.4 is 5.56 Å². The Morgan fingerprint density at radius 1 is 0.971 bits per heavy atom. The van der Waals surface area contributed by atoms with Crippen LogP contribution in [0.25, 0.3) is 0 Å². The zero-order chi connectivity index (χ0) is 24.3. The second-order valence-corrected chi connectivity index (χ2v) is 10.3. The summed E-state index contributed by atoms with van der Waals surface area (Å²) in [6.07, 6.45) is 2.08. The molecule has 4 rings (SSSR count). The number of carbonyl (C=O) groups is 1. The summed E-state index contributed by atoms with van der Waals surface area (Å²) in [6.45, 7) is 3.15. The monoisotopic (exact) mass is 483 g/mol. The summed E-state index contributed by atoms with van der Waals surface area (Å²) in [5.41, 5.74) is 1.73. The van der Waals surface area contributed by atoms with Gasteiger partial charge in [0.15, 0.2) is 0 Å². The van der Waals surface area contributed by atoms with Crippen LogP contribution in [-0.2, 0) is 16.6 Å². The van der Waals surface area contributed by atoms with Gasteiger partial charge in [0.2, 0.25) is 10.0 Å². The predicted molar refractivity (Wildman–Crippen MR) is 127 cm³/mol. The topological polar surface area (TPSA) is 79.7 Å². The first-order valence-electron chi connectivity index (χ1n) is 11.1. The quantitative estimate of drug-likeness (QED) is 0.559. The average molecular weight is 484 g/mol. The number of aryl methyl sites for hydroxylation is 1. The van der Waals surface area contributed by atoms with E-state index >= 15 is 0 Å². The SMILES string of the molecule is Cc1cccc(Cn2cccc(C(=O)N3CCCN(S(=O)(=O)c4ccc(F)cc4)CC3)c2=O)c1. The molecule has 0 spiro atoms. The molecule has 1 amide bonds. The van der Waals surface area contributed by atoms with Crippen molar-refractivity contribution >= 4 is 15.9 Å². The van der Waals surface area contributed by atoms with Crippen LogP contribution in [0.2, 0.25) is 0 Å². The molecule has 2 heterocycles. The van der Waals surface area contributed by atoms with Crippen LogP contribution in [-0.4, -0.2) is 54.3 Å². The molecule has 0 unspecified atom stereocenters. The predicted octanol–water partition coefficient (Wildman–Crippen LogP) is 2.88. The Hall–Kier alpha value is -3.30. The largest absolute Gasteiger partial charge is 0.337 e. The molecular formula is C25H26FN3O4S. The molecule has 1 aromatic heterocycles. The average Bonchev–Trinajstić information content (AvgIpc) is 3.07. The van der Waals surface area contributed by atoms with E-state index in [1.165, 1.54) is 32.0 Å². The lowest BCUT2D eigenvalue weighted by molar-refractivity contribution is 0.0761. The smallest absolute Gasteiger partial charge is 0.263 e. The van der Waals surface area contributed by atoms with E-state index in [2.05, 4.69) is 0 Å². The summed E-state index contributed by atoms with van der Waals surface area (Å²) in [7, 11) is -3.81. The number of pyridine rings is 1. The molecule has 3 aromatic rings. The van der Waals surface area contributed by atoms with Gasteiger partial charge in [0.25, 0.3) is 11.5 Å². The first-order chi connectivity index (χ1) is 16.3. The van der Waals surface area contributed by atoms with Gasteiger partial charge in [0.05, 0.1) is 11.4 Å². The molecule has 0 N–H and O–H groups in total. The Labute approximate surface area is 198 Å². The molecule has 0 atom stereocenters. The molecule has 1 saturated heterocycles. The number of benzene rings is 2. The first-order valence-corrected chi connectivity index (χ1v) is 12.5. The minimum absolute atomic E-state index is 0.00997. The standard InChI is InChI=1S/C25H26FN3O4S/c1-19-5-2-6-20(17-19)18-28-12-3-7-23(25(28)31)24(30)27-13-4-14-29(16-15-27)34(32,33)22-10-8-21(26)9-11-22/h2-3,5-12,17H,4,13-16,18H2,1H3. The van der Waals surface area contributed by atoms with Crippen molar-refractivity contribution in [2.24, 2.45) is 0 Å². The van der Waals surface area contributed by atoms with Gasteiger partial charge in [-0.25, -0.2) is 12.8 Å². The Bertz CT molecular complexity index is 1350. The molecule has 2 aromatic carbocycles. The third-order valence-electron chi connectivity index (χ3n) is 5.88. The maximum Gasteiger partial charge on any atom is 0.263 e. The van der Waals surface area contributed by atoms with Gasteiger partial charge in [0.1, 0.15) is 11.4 Å². The van der Waals surface area contributed by atoms with Gasteiger partial charge < -0.3 is 9.47 Å². The molecule has 0 radical (unpaired) electrons. The van der Waals surface area contributed by atoms with Gasteiger partial charge in [-0.1, -0.05) is 29.8 Å². The van der Waals surface area contributed by atoms with Gasteiger partial charge in [-0.3, -0.25) is 9.59 Å². The van der Waals surface area contributed by atoms with Crippen LogP contribution in [0.4, 0.5) is 4.39 Å². The lowest BCUT2D eigenvalue weighted by Gasteiger charge is -2.22. The number of halogens is 1. The number of aromatic nitrogens is 1. The molecule has 1 aliphatic heterocycles. The van der Waals surface area contributed by atoms with E-state index in [4.69, 9.17) is 0 Å². The fourth-order valence-electron chi connectivity index (χ4n) is 4.09. The fraction of sp³-hybridized carbons (Fsp3) is 0.280. The van der Waals surface area contributed by atoms with Crippen molar-refractivity contribution in [3.8, 4) is 0 Å². The second-order valence-electron chi connectivity index (χ2n) is 8.35. The summed E-state index contributed by atoms with van der Waals surface area (Å²) in [5, 5.41) is 0. The van der Waals surface area contributed by atoms with Crippen molar-refractivity contribution in [1.29, 1.82) is 0 Å². The summed E-state index contributed by atoms with van der Waals surface area (Å²) >= 11 is 0. The molecule has 1 aliphatic rings. The van der Waals surface area contributed by atoms with E-state index in [9.17, 15) is 22.4 Å². The Kier molecular flexibility index (Phi) is 6.95. The van der Waals surface area contributed by atoms with Crippen molar-refractivity contribution in [2.75, 3.05) is 26.2 Å². The number of carbonyl (C=O) groups excluding carboxylic acids is 1. The van der Waals surface area contributed by atoms with Gasteiger partial charge in [0, 0.05) is 32.4 Å². The highest BCUT2D eigenvalue weighted by molar-refractivity contribution is 7.89. The first kappa shape index (κ1) is 23.8. The molecule has 0 aliphatic carbocycles. The number of nitrogens with zero attached hydrogens (tertiary/aromatic N) is 3. The number of rotatable bonds is 5. The van der Waals surface area contributed by atoms with E-state index < -0.39 is 21.7 Å². The zero-order valence-electron chi connectivity index (χ0n) is 18.9. The highest BCUT2D eigenvalue weighted by Gasteiger charge is 2.29. The van der Waals surface area contributed by atoms with Gasteiger partial charge in [-0.2, -0.15) is 4.31 Å². The van der Waals surface area contributed by atoms with Crippen LogP contribution in [0.5, 0.6) is 0 Å². The molecule has 1 fully saturated rings. The zero-order valence-corrected chi connectivity index (χ0v) is 19.7. The van der Waals surface area contributed by atoms with E-state index in [1.807, 2.05) is 31.2 Å². The lowest BCUT2D eigenvalue weighted by Crippen LogP contribution is -2.40. The molecule has 0 bridgehead atoms. The van der Waals surface area contributed by atoms with E-state index in [-0.39, 0.29) is 35.7 Å². The van der Waals surface area contributed by atoms with Crippen molar-refractivity contribution in [3.05, 3.63) is 99.7 Å². The Morgan fingerprint density at radius 3 is 2.47 bits per heavy atom. The van der Waals surface area contributed by atoms with Crippen LogP contribution in [0.3, 0.4) is 0 Å². The summed E-state index contributed by atoms with van der Waals surface area (Å²) in [4.78, 5) is 27.8. The molecule has 7 nitrogen and oxygen atoms in total. The second kappa shape index (κ2) is 9.90.